The van der Waals surface area contributed by atoms with Crippen LogP contribution in [0, 0.1) is 0 Å². The average Bonchev–Trinajstić information content (AvgIpc) is 2.67. The Morgan fingerprint density at radius 1 is 1.39 bits per heavy atom. The minimum absolute atomic E-state index is 0.686. The van der Waals surface area contributed by atoms with E-state index >= 15 is 0 Å². The van der Waals surface area contributed by atoms with E-state index in [9.17, 15) is 0 Å². The molecule has 0 spiro atoms. The summed E-state index contributed by atoms with van der Waals surface area (Å²) in [6.07, 6.45) is 6.13. The quantitative estimate of drug-likeness (QED) is 0.715. The largest absolute Gasteiger partial charge is 0.385 e. The van der Waals surface area contributed by atoms with Crippen LogP contribution in [-0.2, 0) is 17.8 Å². The summed E-state index contributed by atoms with van der Waals surface area (Å²) < 4.78 is 7.20. The number of ether oxygens (including phenoxy) is 1. The van der Waals surface area contributed by atoms with Gasteiger partial charge in [-0.3, -0.25) is 0 Å². The summed E-state index contributed by atoms with van der Waals surface area (Å²) in [5.74, 6) is 0.686. The molecular formula is C13H24N4O. The molecule has 1 N–H and O–H groups in total. The monoisotopic (exact) mass is 252 g/mol. The number of hydrogen-bond acceptors (Lipinski definition) is 4. The van der Waals surface area contributed by atoms with Crippen molar-refractivity contribution in [3.63, 3.8) is 0 Å². The average molecular weight is 252 g/mol. The van der Waals surface area contributed by atoms with Crippen LogP contribution in [0.3, 0.4) is 0 Å². The highest BCUT2D eigenvalue weighted by Gasteiger charge is 2.27. The van der Waals surface area contributed by atoms with Crippen LogP contribution in [0.1, 0.15) is 49.4 Å². The number of methoxy groups -OCH3 is 1. The van der Waals surface area contributed by atoms with Crippen molar-refractivity contribution >= 4 is 0 Å². The summed E-state index contributed by atoms with van der Waals surface area (Å²) in [6.45, 7) is 2.62. The van der Waals surface area contributed by atoms with Crippen molar-refractivity contribution < 1.29 is 4.74 Å². The van der Waals surface area contributed by atoms with Gasteiger partial charge in [-0.1, -0.05) is 11.6 Å². The molecule has 0 aliphatic heterocycles. The first-order valence-corrected chi connectivity index (χ1v) is 6.92. The molecule has 0 atom stereocenters. The molecule has 2 rings (SSSR count). The van der Waals surface area contributed by atoms with Crippen molar-refractivity contribution in [1.82, 2.24) is 20.3 Å². The van der Waals surface area contributed by atoms with Gasteiger partial charge >= 0.3 is 0 Å². The van der Waals surface area contributed by atoms with Gasteiger partial charge in [0.2, 0.25) is 0 Å². The third kappa shape index (κ3) is 3.09. The van der Waals surface area contributed by atoms with E-state index in [1.165, 1.54) is 25.0 Å². The molecule has 1 heterocycles. The van der Waals surface area contributed by atoms with E-state index in [0.717, 1.165) is 38.2 Å². The highest BCUT2D eigenvalue weighted by Crippen LogP contribution is 2.37. The van der Waals surface area contributed by atoms with Gasteiger partial charge in [-0.2, -0.15) is 0 Å². The summed E-state index contributed by atoms with van der Waals surface area (Å²) >= 11 is 0. The Kier molecular flexibility index (Phi) is 5.13. The number of aryl methyl sites for hydroxylation is 1. The Morgan fingerprint density at radius 3 is 2.83 bits per heavy atom. The van der Waals surface area contributed by atoms with Crippen LogP contribution in [0.25, 0.3) is 0 Å². The Balaban J connectivity index is 1.99. The van der Waals surface area contributed by atoms with E-state index in [1.807, 2.05) is 7.05 Å². The Bertz CT molecular complexity index is 360. The third-order valence-corrected chi connectivity index (χ3v) is 3.65. The maximum Gasteiger partial charge on any atom is 0.0999 e. The van der Waals surface area contributed by atoms with Crippen LogP contribution < -0.4 is 5.32 Å². The molecule has 5 heteroatoms. The number of rotatable bonds is 8. The normalized spacial score (nSPS) is 15.9. The summed E-state index contributed by atoms with van der Waals surface area (Å²) in [5, 5.41) is 11.8. The second kappa shape index (κ2) is 6.85. The fourth-order valence-corrected chi connectivity index (χ4v) is 2.45. The minimum Gasteiger partial charge on any atom is -0.385 e. The molecule has 0 saturated heterocycles. The summed E-state index contributed by atoms with van der Waals surface area (Å²) in [5.41, 5.74) is 2.50. The zero-order valence-corrected chi connectivity index (χ0v) is 11.5. The standard InChI is InChI=1S/C13H24N4O/c1-14-10-12-13(11-6-5-7-11)17(16-15-12)8-3-4-9-18-2/h11,14H,3-10H2,1-2H3. The van der Waals surface area contributed by atoms with Gasteiger partial charge in [0.1, 0.15) is 0 Å². The molecule has 0 amide bonds. The van der Waals surface area contributed by atoms with Crippen molar-refractivity contribution in [3.05, 3.63) is 11.4 Å². The number of nitrogens with zero attached hydrogens (tertiary/aromatic N) is 3. The van der Waals surface area contributed by atoms with E-state index in [1.54, 1.807) is 7.11 Å². The molecule has 1 aromatic rings. The maximum atomic E-state index is 5.08. The molecule has 1 aromatic heterocycles. The first kappa shape index (κ1) is 13.5. The van der Waals surface area contributed by atoms with E-state index in [-0.39, 0.29) is 0 Å². The lowest BCUT2D eigenvalue weighted by Gasteiger charge is -2.26. The first-order valence-electron chi connectivity index (χ1n) is 6.92. The summed E-state index contributed by atoms with van der Waals surface area (Å²) in [6, 6.07) is 0. The highest BCUT2D eigenvalue weighted by molar-refractivity contribution is 5.18. The molecule has 0 unspecified atom stereocenters. The van der Waals surface area contributed by atoms with Crippen LogP contribution in [-0.4, -0.2) is 35.8 Å². The van der Waals surface area contributed by atoms with Gasteiger partial charge in [0.05, 0.1) is 11.4 Å². The van der Waals surface area contributed by atoms with Crippen molar-refractivity contribution in [2.24, 2.45) is 0 Å². The second-order valence-corrected chi connectivity index (χ2v) is 5.00. The van der Waals surface area contributed by atoms with E-state index < -0.39 is 0 Å². The summed E-state index contributed by atoms with van der Waals surface area (Å²) in [7, 11) is 3.71. The van der Waals surface area contributed by atoms with Crippen LogP contribution >= 0.6 is 0 Å². The fraction of sp³-hybridized carbons (Fsp3) is 0.846. The lowest BCUT2D eigenvalue weighted by molar-refractivity contribution is 0.190. The number of aromatic nitrogens is 3. The molecule has 1 fully saturated rings. The van der Waals surface area contributed by atoms with E-state index in [2.05, 4.69) is 20.3 Å². The van der Waals surface area contributed by atoms with Crippen LogP contribution in [0.5, 0.6) is 0 Å². The van der Waals surface area contributed by atoms with Crippen LogP contribution in [0.4, 0.5) is 0 Å². The van der Waals surface area contributed by atoms with Gasteiger partial charge in [0, 0.05) is 32.7 Å². The van der Waals surface area contributed by atoms with Crippen molar-refractivity contribution in [2.45, 2.75) is 51.1 Å². The SMILES string of the molecule is CNCc1nnn(CCCCOC)c1C1CCC1. The molecule has 1 aliphatic rings. The minimum atomic E-state index is 0.686. The van der Waals surface area contributed by atoms with Crippen LogP contribution in [0.15, 0.2) is 0 Å². The fourth-order valence-electron chi connectivity index (χ4n) is 2.45. The Labute approximate surface area is 109 Å². The van der Waals surface area contributed by atoms with Gasteiger partial charge in [-0.25, -0.2) is 4.68 Å². The number of hydrogen-bond donors (Lipinski definition) is 1. The molecule has 0 bridgehead atoms. The Hall–Kier alpha value is -0.940. The van der Waals surface area contributed by atoms with E-state index in [0.29, 0.717) is 5.92 Å². The van der Waals surface area contributed by atoms with Crippen molar-refractivity contribution in [1.29, 1.82) is 0 Å². The van der Waals surface area contributed by atoms with Crippen molar-refractivity contribution in [3.8, 4) is 0 Å². The second-order valence-electron chi connectivity index (χ2n) is 5.00. The Morgan fingerprint density at radius 2 is 2.22 bits per heavy atom. The highest BCUT2D eigenvalue weighted by atomic mass is 16.5. The van der Waals surface area contributed by atoms with Crippen LogP contribution in [0.2, 0.25) is 0 Å². The zero-order chi connectivity index (χ0) is 12.8. The maximum absolute atomic E-state index is 5.08. The topological polar surface area (TPSA) is 52.0 Å². The van der Waals surface area contributed by atoms with Gasteiger partial charge in [0.15, 0.2) is 0 Å². The molecule has 1 aliphatic carbocycles. The predicted octanol–water partition coefficient (Wildman–Crippen LogP) is 1.69. The lowest BCUT2D eigenvalue weighted by Crippen LogP contribution is -2.18. The predicted molar refractivity (Wildman–Crippen MR) is 70.5 cm³/mol. The number of nitrogens with one attached hydrogen (secondary N) is 1. The third-order valence-electron chi connectivity index (χ3n) is 3.65. The van der Waals surface area contributed by atoms with Gasteiger partial charge < -0.3 is 10.1 Å². The van der Waals surface area contributed by atoms with Crippen molar-refractivity contribution in [2.75, 3.05) is 20.8 Å². The van der Waals surface area contributed by atoms with E-state index in [4.69, 9.17) is 4.74 Å². The van der Waals surface area contributed by atoms with Gasteiger partial charge in [-0.05, 0) is 32.7 Å². The lowest BCUT2D eigenvalue weighted by atomic mass is 9.82. The molecule has 18 heavy (non-hydrogen) atoms. The smallest absolute Gasteiger partial charge is 0.0999 e. The molecule has 0 aromatic carbocycles. The molecule has 0 radical (unpaired) electrons. The molecular weight excluding hydrogens is 228 g/mol. The van der Waals surface area contributed by atoms with Gasteiger partial charge in [-0.15, -0.1) is 5.10 Å². The zero-order valence-electron chi connectivity index (χ0n) is 11.5. The molecule has 1 saturated carbocycles. The summed E-state index contributed by atoms with van der Waals surface area (Å²) in [4.78, 5) is 0. The first-order chi connectivity index (χ1) is 8.86. The molecule has 5 nitrogen and oxygen atoms in total. The molecule has 102 valence electrons. The number of unbranched alkanes of at least 4 members (excludes halogenated alkanes) is 1. The van der Waals surface area contributed by atoms with Gasteiger partial charge in [0.25, 0.3) is 0 Å².